The van der Waals surface area contributed by atoms with Crippen molar-refractivity contribution in [1.82, 2.24) is 36.0 Å². The first-order chi connectivity index (χ1) is 26.4. The van der Waals surface area contributed by atoms with E-state index in [-0.39, 0.29) is 45.0 Å². The predicted molar refractivity (Wildman–Crippen MR) is 205 cm³/mol. The summed E-state index contributed by atoms with van der Waals surface area (Å²) in [4.78, 5) is 82.4. The lowest BCUT2D eigenvalue weighted by atomic mass is 10.0. The molecule has 0 aliphatic carbocycles. The molecule has 3 atom stereocenters. The van der Waals surface area contributed by atoms with Gasteiger partial charge in [-0.1, -0.05) is 65.1 Å². The van der Waals surface area contributed by atoms with Gasteiger partial charge in [-0.3, -0.25) is 28.9 Å². The van der Waals surface area contributed by atoms with Gasteiger partial charge < -0.3 is 35.9 Å². The maximum atomic E-state index is 13.8. The summed E-state index contributed by atoms with van der Waals surface area (Å²) >= 11 is 3.51. The number of aryl methyl sites for hydroxylation is 1. The van der Waals surface area contributed by atoms with Crippen LogP contribution >= 0.6 is 34.9 Å². The fraction of sp³-hybridized carbons (Fsp3) is 0.278. The highest BCUT2D eigenvalue weighted by molar-refractivity contribution is 8.01. The van der Waals surface area contributed by atoms with E-state index in [2.05, 4.69) is 31.1 Å². The van der Waals surface area contributed by atoms with Gasteiger partial charge in [-0.15, -0.1) is 22.0 Å². The number of hydrogen-bond acceptors (Lipinski definition) is 13. The van der Waals surface area contributed by atoms with Crippen molar-refractivity contribution in [3.8, 4) is 17.0 Å². The fourth-order valence-electron chi connectivity index (χ4n) is 5.76. The van der Waals surface area contributed by atoms with Gasteiger partial charge in [-0.2, -0.15) is 0 Å². The highest BCUT2D eigenvalue weighted by Crippen LogP contribution is 2.42. The smallest absolute Gasteiger partial charge is 0.352 e. The van der Waals surface area contributed by atoms with Crippen molar-refractivity contribution in [2.45, 2.75) is 35.1 Å². The van der Waals surface area contributed by atoms with E-state index in [4.69, 9.17) is 4.74 Å². The van der Waals surface area contributed by atoms with Crippen molar-refractivity contribution in [3.63, 3.8) is 0 Å². The topological polar surface area (TPSA) is 233 Å². The lowest BCUT2D eigenvalue weighted by Crippen LogP contribution is -2.71. The quantitative estimate of drug-likeness (QED) is 0.0577. The van der Waals surface area contributed by atoms with E-state index in [1.165, 1.54) is 53.9 Å². The Morgan fingerprint density at radius 1 is 1.04 bits per heavy atom. The van der Waals surface area contributed by atoms with E-state index in [0.717, 1.165) is 27.4 Å². The normalized spacial score (nSPS) is 16.8. The van der Waals surface area contributed by atoms with Crippen LogP contribution in [0.4, 0.5) is 0 Å². The lowest BCUT2D eigenvalue weighted by Gasteiger charge is -2.49. The molecule has 1 saturated heterocycles. The van der Waals surface area contributed by atoms with Crippen LogP contribution in [0.2, 0.25) is 0 Å². The Morgan fingerprint density at radius 3 is 2.47 bits per heavy atom. The van der Waals surface area contributed by atoms with E-state index in [1.54, 1.807) is 13.2 Å². The maximum Gasteiger partial charge on any atom is 0.352 e. The molecule has 6 N–H and O–H groups in total. The number of aromatic hydroxyl groups is 1. The second-order valence-corrected chi connectivity index (χ2v) is 15.7. The van der Waals surface area contributed by atoms with Crippen LogP contribution in [0.1, 0.15) is 43.7 Å². The van der Waals surface area contributed by atoms with E-state index < -0.39 is 46.7 Å². The molecule has 0 spiro atoms. The van der Waals surface area contributed by atoms with E-state index >= 15 is 0 Å². The number of benzene rings is 2. The molecular formula is C36H35N7O9S3. The average Bonchev–Trinajstić information content (AvgIpc) is 3.66. The molecule has 2 aliphatic rings. The number of carbonyl (C=O) groups is 5. The molecule has 286 valence electrons. The molecule has 1 fully saturated rings. The number of phenols is 1. The number of nitrogens with zero attached hydrogens (tertiary/aromatic N) is 3. The van der Waals surface area contributed by atoms with Crippen LogP contribution in [0, 0.1) is 6.92 Å². The number of β-lactam (4-membered cyclic amide) rings is 1. The largest absolute Gasteiger partial charge is 0.508 e. The van der Waals surface area contributed by atoms with Crippen molar-refractivity contribution in [3.05, 3.63) is 104 Å². The third kappa shape index (κ3) is 8.91. The summed E-state index contributed by atoms with van der Waals surface area (Å²) in [5.74, 6) is -3.71. The molecule has 4 heterocycles. The predicted octanol–water partition coefficient (Wildman–Crippen LogP) is 2.68. The van der Waals surface area contributed by atoms with Gasteiger partial charge in [0.15, 0.2) is 4.34 Å². The number of ether oxygens (including phenoxy) is 1. The van der Waals surface area contributed by atoms with Crippen LogP contribution in [0.3, 0.4) is 0 Å². The Morgan fingerprint density at radius 2 is 1.78 bits per heavy atom. The van der Waals surface area contributed by atoms with Crippen LogP contribution in [-0.4, -0.2) is 103 Å². The van der Waals surface area contributed by atoms with Crippen molar-refractivity contribution in [1.29, 1.82) is 0 Å². The Bertz CT molecular complexity index is 2210. The number of H-pyrrole nitrogens is 1. The number of amides is 4. The summed E-state index contributed by atoms with van der Waals surface area (Å²) in [5.41, 5.74) is 1.83. The second-order valence-electron chi connectivity index (χ2n) is 12.4. The van der Waals surface area contributed by atoms with Crippen LogP contribution in [0.25, 0.3) is 11.3 Å². The molecule has 55 heavy (non-hydrogen) atoms. The molecule has 0 radical (unpaired) electrons. The van der Waals surface area contributed by atoms with E-state index in [1.807, 2.05) is 31.2 Å². The molecule has 2 aromatic heterocycles. The third-order valence-corrected chi connectivity index (χ3v) is 12.1. The molecule has 16 nitrogen and oxygen atoms in total. The van der Waals surface area contributed by atoms with E-state index in [9.17, 15) is 39.0 Å². The summed E-state index contributed by atoms with van der Waals surface area (Å²) in [6.45, 7) is 2.84. The monoisotopic (exact) mass is 805 g/mol. The molecule has 4 amide bonds. The Kier molecular flexibility index (Phi) is 12.3. The number of phenolic OH excluding ortho intramolecular Hbond substituents is 1. The minimum Gasteiger partial charge on any atom is -0.508 e. The van der Waals surface area contributed by atoms with Crippen LogP contribution < -0.4 is 21.5 Å². The average molecular weight is 806 g/mol. The van der Waals surface area contributed by atoms with Crippen LogP contribution in [0.15, 0.2) is 81.1 Å². The highest BCUT2D eigenvalue weighted by atomic mass is 32.2. The van der Waals surface area contributed by atoms with Crippen molar-refractivity contribution >= 4 is 64.5 Å². The van der Waals surface area contributed by atoms with Gasteiger partial charge >= 0.3 is 5.97 Å². The summed E-state index contributed by atoms with van der Waals surface area (Å²) in [6, 6.07) is 13.3. The van der Waals surface area contributed by atoms with Gasteiger partial charge in [0.05, 0.1) is 0 Å². The number of fused-ring (bicyclic) bond motifs is 1. The number of carbonyl (C=O) groups excluding carboxylic acids is 4. The Balaban J connectivity index is 1.13. The number of rotatable bonds is 15. The molecule has 19 heteroatoms. The first-order valence-electron chi connectivity index (χ1n) is 16.8. The van der Waals surface area contributed by atoms with Crippen molar-refractivity contribution < 1.29 is 38.9 Å². The summed E-state index contributed by atoms with van der Waals surface area (Å²) in [6.07, 6.45) is 0.635. The van der Waals surface area contributed by atoms with Gasteiger partial charge in [0.2, 0.25) is 10.9 Å². The molecular weight excluding hydrogens is 771 g/mol. The Labute approximate surface area is 326 Å². The molecule has 2 aliphatic heterocycles. The van der Waals surface area contributed by atoms with Gasteiger partial charge in [0.1, 0.15) is 34.5 Å². The number of methoxy groups -OCH3 is 1. The number of carboxylic acid groups (broad SMARTS) is 1. The van der Waals surface area contributed by atoms with Crippen molar-refractivity contribution in [2.75, 3.05) is 31.8 Å². The number of carboxylic acids is 1. The number of aromatic nitrogens is 3. The van der Waals surface area contributed by atoms with Crippen LogP contribution in [0.5, 0.6) is 5.75 Å². The Hall–Kier alpha value is -5.50. The zero-order chi connectivity index (χ0) is 39.2. The number of nitrogens with one attached hydrogen (secondary N) is 4. The number of aromatic amines is 1. The second kappa shape index (κ2) is 17.3. The van der Waals surface area contributed by atoms with Gasteiger partial charge in [-0.25, -0.2) is 4.79 Å². The van der Waals surface area contributed by atoms with Gasteiger partial charge in [0, 0.05) is 37.5 Å². The standard InChI is InChI=1S/C36H35N7O9S3/c1-18-4-6-19(7-5-18)24-13-12-23(28(45)38-24)29(46)39-25(20-8-10-22(44)11-9-20)30(47)40-26-33(49)43-27(35(50)51)21(16-53-34(26)43)17-54-36-42-41-32(55-36)31(48)37-14-3-15-52-2/h4-13,25-26,34,44H,3,14-17H2,1-2H3,(H,37,48)(H,38,45)(H,39,46)(H,40,47)(H,50,51)/t25?,26?,34-/m0/s1. The van der Waals surface area contributed by atoms with Gasteiger partial charge in [-0.05, 0) is 54.3 Å². The molecule has 6 rings (SSSR count). The number of thioether (sulfide) groups is 2. The minimum absolute atomic E-state index is 0.0893. The fourth-order valence-corrected chi connectivity index (χ4v) is 9.02. The summed E-state index contributed by atoms with van der Waals surface area (Å²) in [7, 11) is 1.57. The number of hydrogen-bond donors (Lipinski definition) is 6. The zero-order valence-corrected chi connectivity index (χ0v) is 31.8. The zero-order valence-electron chi connectivity index (χ0n) is 29.4. The number of pyridine rings is 1. The molecule has 2 unspecified atom stereocenters. The molecule has 2 aromatic carbocycles. The highest BCUT2D eigenvalue weighted by Gasteiger charge is 2.54. The first-order valence-corrected chi connectivity index (χ1v) is 19.6. The van der Waals surface area contributed by atoms with Gasteiger partial charge in [0.25, 0.3) is 23.3 Å². The molecule has 0 bridgehead atoms. The SMILES string of the molecule is COCCCNC(=O)c1nnc(SCC2=C(C(=O)O)N3C(=O)C(NC(=O)C(NC(=O)c4ccc(-c5ccc(C)cc5)[nH]c4=O)c4ccc(O)cc4)[C@@H]3SC2)s1. The summed E-state index contributed by atoms with van der Waals surface area (Å²) in [5, 5.41) is 35.3. The molecule has 0 saturated carbocycles. The maximum absolute atomic E-state index is 13.8. The lowest BCUT2D eigenvalue weighted by molar-refractivity contribution is -0.151. The van der Waals surface area contributed by atoms with Crippen molar-refractivity contribution in [2.24, 2.45) is 0 Å². The summed E-state index contributed by atoms with van der Waals surface area (Å²) < 4.78 is 5.41. The first kappa shape index (κ1) is 39.2. The van der Waals surface area contributed by atoms with Crippen LogP contribution in [-0.2, 0) is 19.1 Å². The number of aliphatic carboxylic acids is 1. The van der Waals surface area contributed by atoms with E-state index in [0.29, 0.717) is 35.2 Å². The third-order valence-electron chi connectivity index (χ3n) is 8.61. The molecule has 4 aromatic rings. The minimum atomic E-state index is -1.40.